The largest absolute Gasteiger partial charge is 0.479 e. The summed E-state index contributed by atoms with van der Waals surface area (Å²) in [6, 6.07) is 22.3. The van der Waals surface area contributed by atoms with Gasteiger partial charge in [-0.1, -0.05) is 60.7 Å². The van der Waals surface area contributed by atoms with Gasteiger partial charge in [-0.15, -0.1) is 0 Å². The quantitative estimate of drug-likeness (QED) is 0.149. The van der Waals surface area contributed by atoms with Crippen molar-refractivity contribution in [3.05, 3.63) is 135 Å². The van der Waals surface area contributed by atoms with Crippen molar-refractivity contribution in [3.63, 3.8) is 0 Å². The Kier molecular flexibility index (Phi) is 12.2. The fourth-order valence-corrected chi connectivity index (χ4v) is 5.04. The number of para-hydroxylation sites is 1. The van der Waals surface area contributed by atoms with Crippen LogP contribution in [0.15, 0.2) is 95.8 Å². The predicted octanol–water partition coefficient (Wildman–Crippen LogP) is 4.71. The van der Waals surface area contributed by atoms with E-state index in [9.17, 15) is 41.1 Å². The van der Waals surface area contributed by atoms with Gasteiger partial charge in [-0.2, -0.15) is 18.2 Å². The first-order chi connectivity index (χ1) is 24.5. The molecule has 2 unspecified atom stereocenters. The molecule has 2 atom stereocenters. The first kappa shape index (κ1) is 38.8. The number of rotatable bonds is 10. The summed E-state index contributed by atoms with van der Waals surface area (Å²) in [5.74, 6) is -5.68. The van der Waals surface area contributed by atoms with E-state index in [4.69, 9.17) is 20.4 Å². The summed E-state index contributed by atoms with van der Waals surface area (Å²) in [5, 5.41) is 34.2. The summed E-state index contributed by atoms with van der Waals surface area (Å²) in [6.45, 7) is 1.43. The number of carbonyl (C=O) groups is 3. The molecule has 0 bridgehead atoms. The summed E-state index contributed by atoms with van der Waals surface area (Å²) in [6.07, 6.45) is -8.89. The van der Waals surface area contributed by atoms with Crippen LogP contribution in [0, 0.1) is 11.6 Å². The zero-order valence-electron chi connectivity index (χ0n) is 27.1. The number of carboxylic acid groups (broad SMARTS) is 2. The van der Waals surface area contributed by atoms with Crippen molar-refractivity contribution < 1.29 is 56.8 Å². The first-order valence-corrected chi connectivity index (χ1v) is 15.3. The van der Waals surface area contributed by atoms with Gasteiger partial charge < -0.3 is 20.4 Å². The van der Waals surface area contributed by atoms with Gasteiger partial charge in [0.1, 0.15) is 5.82 Å². The molecule has 11 nitrogen and oxygen atoms in total. The van der Waals surface area contributed by atoms with E-state index in [0.29, 0.717) is 22.2 Å². The van der Waals surface area contributed by atoms with Crippen molar-refractivity contribution in [2.75, 3.05) is 5.01 Å². The topological polar surface area (TPSA) is 170 Å². The van der Waals surface area contributed by atoms with E-state index in [1.165, 1.54) is 40.9 Å². The molecule has 0 aliphatic carbocycles. The summed E-state index contributed by atoms with van der Waals surface area (Å²) in [4.78, 5) is 49.6. The van der Waals surface area contributed by atoms with Crippen LogP contribution >= 0.6 is 0 Å². The number of aryl methyl sites for hydroxylation is 2. The van der Waals surface area contributed by atoms with E-state index in [2.05, 4.69) is 4.98 Å². The number of nitrogens with zero attached hydrogens (tertiary/aromatic N) is 3. The number of amides is 1. The highest BCUT2D eigenvalue weighted by atomic mass is 19.4. The van der Waals surface area contributed by atoms with Crippen LogP contribution in [0.25, 0.3) is 22.0 Å². The van der Waals surface area contributed by atoms with E-state index in [0.717, 1.165) is 18.2 Å². The van der Waals surface area contributed by atoms with E-state index >= 15 is 0 Å². The third kappa shape index (κ3) is 9.21. The molecular formula is C36H30F5N3O8. The van der Waals surface area contributed by atoms with Crippen LogP contribution < -0.4 is 10.6 Å². The molecule has 0 fully saturated rings. The summed E-state index contributed by atoms with van der Waals surface area (Å²) >= 11 is 0. The Bertz CT molecular complexity index is 2120. The Morgan fingerprint density at radius 2 is 1.35 bits per heavy atom. The monoisotopic (exact) mass is 727 g/mol. The third-order valence-electron chi connectivity index (χ3n) is 7.73. The maximum absolute atomic E-state index is 14.4. The number of hydrogen-bond acceptors (Lipinski definition) is 7. The fourth-order valence-electron chi connectivity index (χ4n) is 5.04. The predicted molar refractivity (Wildman–Crippen MR) is 177 cm³/mol. The van der Waals surface area contributed by atoms with Gasteiger partial charge in [0.2, 0.25) is 5.91 Å². The molecule has 4 aromatic carbocycles. The molecule has 16 heteroatoms. The zero-order chi connectivity index (χ0) is 38.3. The molecule has 1 aromatic heterocycles. The lowest BCUT2D eigenvalue weighted by atomic mass is 10.0. The van der Waals surface area contributed by atoms with Crippen LogP contribution in [0.5, 0.6) is 0 Å². The molecule has 0 aliphatic heterocycles. The van der Waals surface area contributed by atoms with Crippen LogP contribution in [-0.2, 0) is 39.9 Å². The van der Waals surface area contributed by atoms with Crippen LogP contribution in [-0.4, -0.2) is 60.1 Å². The molecule has 0 spiro atoms. The molecule has 0 radical (unpaired) electrons. The van der Waals surface area contributed by atoms with Gasteiger partial charge in [-0.05, 0) is 59.0 Å². The standard InChI is InChI=1S/C32H24F5N3O2.C4H6O6/c1-20(41)39(19-21-9-11-22(12-10-21)23-13-16-25(17-14-23)32(35,36)37)40-28-8-3-2-6-26(28)31(42)38-29(40)18-15-24-5-4-7-27(33)30(24)34;5-1(3(7)8)2(6)4(9)10/h2-14,16-17H,15,18-19H2,1H3;1-2,5-6H,(H,7,8)(H,9,10). The molecule has 5 rings (SSSR count). The Morgan fingerprint density at radius 1 is 0.788 bits per heavy atom. The number of aliphatic carboxylic acids is 2. The SMILES string of the molecule is CC(=O)N(Cc1ccc(-c2ccc(C(F)(F)F)cc2)cc1)n1c(CCc2cccc(F)c2F)nc(=O)c2ccccc21.O=C(O)C(O)C(O)C(=O)O. The van der Waals surface area contributed by atoms with Crippen molar-refractivity contribution in [3.8, 4) is 11.1 Å². The van der Waals surface area contributed by atoms with Gasteiger partial charge in [-0.3, -0.25) is 9.59 Å². The lowest BCUT2D eigenvalue weighted by Crippen LogP contribution is -2.42. The minimum Gasteiger partial charge on any atom is -0.479 e. The molecule has 5 aromatic rings. The Hall–Kier alpha value is -6.00. The van der Waals surface area contributed by atoms with Gasteiger partial charge in [0, 0.05) is 13.3 Å². The highest BCUT2D eigenvalue weighted by molar-refractivity contribution is 5.87. The second-order valence-corrected chi connectivity index (χ2v) is 11.3. The third-order valence-corrected chi connectivity index (χ3v) is 7.73. The molecule has 52 heavy (non-hydrogen) atoms. The second-order valence-electron chi connectivity index (χ2n) is 11.3. The van der Waals surface area contributed by atoms with Gasteiger partial charge in [-0.25, -0.2) is 28.1 Å². The van der Waals surface area contributed by atoms with E-state index in [1.54, 1.807) is 48.5 Å². The Balaban J connectivity index is 0.000000530. The number of aliphatic hydroxyl groups excluding tert-OH is 2. The highest BCUT2D eigenvalue weighted by Gasteiger charge is 2.30. The average molecular weight is 728 g/mol. The van der Waals surface area contributed by atoms with E-state index in [-0.39, 0.29) is 42.1 Å². The number of carboxylic acids is 2. The molecule has 1 amide bonds. The molecule has 0 aliphatic rings. The molecule has 0 saturated carbocycles. The lowest BCUT2D eigenvalue weighted by molar-refractivity contribution is -0.165. The first-order valence-electron chi connectivity index (χ1n) is 15.3. The summed E-state index contributed by atoms with van der Waals surface area (Å²) < 4.78 is 68.5. The molecular weight excluding hydrogens is 697 g/mol. The number of aromatic nitrogens is 2. The Labute approximate surface area is 291 Å². The van der Waals surface area contributed by atoms with Crippen LogP contribution in [0.4, 0.5) is 22.0 Å². The van der Waals surface area contributed by atoms with Gasteiger partial charge in [0.25, 0.3) is 5.56 Å². The van der Waals surface area contributed by atoms with Crippen molar-refractivity contribution in [2.24, 2.45) is 0 Å². The van der Waals surface area contributed by atoms with E-state index < -0.39 is 53.1 Å². The van der Waals surface area contributed by atoms with Crippen molar-refractivity contribution in [1.29, 1.82) is 0 Å². The number of carbonyl (C=O) groups excluding carboxylic acids is 1. The number of halogens is 5. The minimum absolute atomic E-state index is 0.0297. The summed E-state index contributed by atoms with van der Waals surface area (Å²) in [7, 11) is 0. The van der Waals surface area contributed by atoms with Gasteiger partial charge in [0.05, 0.1) is 23.0 Å². The van der Waals surface area contributed by atoms with Crippen molar-refractivity contribution in [1.82, 2.24) is 9.66 Å². The number of aliphatic hydroxyl groups is 2. The summed E-state index contributed by atoms with van der Waals surface area (Å²) in [5.41, 5.74) is 1.26. The number of hydrogen-bond donors (Lipinski definition) is 4. The zero-order valence-corrected chi connectivity index (χ0v) is 27.1. The molecule has 4 N–H and O–H groups in total. The van der Waals surface area contributed by atoms with Crippen LogP contribution in [0.3, 0.4) is 0 Å². The number of benzene rings is 4. The van der Waals surface area contributed by atoms with E-state index in [1.807, 2.05) is 0 Å². The van der Waals surface area contributed by atoms with Crippen LogP contribution in [0.2, 0.25) is 0 Å². The van der Waals surface area contributed by atoms with Gasteiger partial charge >= 0.3 is 18.1 Å². The second kappa shape index (κ2) is 16.3. The highest BCUT2D eigenvalue weighted by Crippen LogP contribution is 2.31. The molecule has 272 valence electrons. The van der Waals surface area contributed by atoms with Gasteiger partial charge in [0.15, 0.2) is 23.8 Å². The lowest BCUT2D eigenvalue weighted by Gasteiger charge is -2.28. The fraction of sp³-hybridized carbons (Fsp3) is 0.194. The minimum atomic E-state index is -4.43. The van der Waals surface area contributed by atoms with Crippen molar-refractivity contribution in [2.45, 2.75) is 44.7 Å². The maximum Gasteiger partial charge on any atom is 0.416 e. The normalized spacial score (nSPS) is 12.4. The van der Waals surface area contributed by atoms with Crippen LogP contribution in [0.1, 0.15) is 29.4 Å². The molecule has 1 heterocycles. The maximum atomic E-state index is 14.4. The smallest absolute Gasteiger partial charge is 0.416 e. The average Bonchev–Trinajstić information content (AvgIpc) is 3.11. The van der Waals surface area contributed by atoms with Crippen molar-refractivity contribution >= 4 is 28.7 Å². The molecule has 0 saturated heterocycles. The number of alkyl halides is 3. The number of fused-ring (bicyclic) bond motifs is 1. The Morgan fingerprint density at radius 3 is 1.88 bits per heavy atom.